The zero-order chi connectivity index (χ0) is 13.9. The minimum atomic E-state index is -3.25. The zero-order valence-corrected chi connectivity index (χ0v) is 12.3. The van der Waals surface area contributed by atoms with Crippen LogP contribution in [0.25, 0.3) is 0 Å². The Morgan fingerprint density at radius 3 is 2.95 bits per heavy atom. The van der Waals surface area contributed by atoms with Gasteiger partial charge in [-0.1, -0.05) is 6.92 Å². The van der Waals surface area contributed by atoms with Gasteiger partial charge in [0.1, 0.15) is 10.7 Å². The molecule has 0 spiro atoms. The second kappa shape index (κ2) is 5.46. The van der Waals surface area contributed by atoms with Crippen molar-refractivity contribution in [3.63, 3.8) is 0 Å². The van der Waals surface area contributed by atoms with Crippen LogP contribution in [0.15, 0.2) is 23.2 Å². The van der Waals surface area contributed by atoms with E-state index in [1.165, 1.54) is 6.26 Å². The predicted molar refractivity (Wildman–Crippen MR) is 76.0 cm³/mol. The molecule has 1 aliphatic rings. The second-order valence-corrected chi connectivity index (χ2v) is 7.55. The molecule has 106 valence electrons. The lowest BCUT2D eigenvalue weighted by molar-refractivity contribution is 0.253. The fraction of sp³-hybridized carbons (Fsp3) is 0.615. The molecular weight excluding hydrogens is 262 g/mol. The SMILES string of the molecule is CC1(CNc2ncccc2S(C)(=O)=O)CCCNC1. The fourth-order valence-corrected chi connectivity index (χ4v) is 3.19. The highest BCUT2D eigenvalue weighted by molar-refractivity contribution is 7.90. The average molecular weight is 283 g/mol. The Morgan fingerprint density at radius 1 is 1.53 bits per heavy atom. The summed E-state index contributed by atoms with van der Waals surface area (Å²) in [4.78, 5) is 4.42. The predicted octanol–water partition coefficient (Wildman–Crippen LogP) is 1.29. The molecule has 1 fully saturated rings. The Labute approximate surface area is 114 Å². The Hall–Kier alpha value is -1.14. The van der Waals surface area contributed by atoms with E-state index in [0.29, 0.717) is 5.82 Å². The van der Waals surface area contributed by atoms with Gasteiger partial charge in [-0.2, -0.15) is 0 Å². The van der Waals surface area contributed by atoms with E-state index in [4.69, 9.17) is 0 Å². The lowest BCUT2D eigenvalue weighted by Gasteiger charge is -2.34. The van der Waals surface area contributed by atoms with Crippen LogP contribution in [0.4, 0.5) is 5.82 Å². The van der Waals surface area contributed by atoms with Crippen molar-refractivity contribution in [1.29, 1.82) is 0 Å². The van der Waals surface area contributed by atoms with Crippen LogP contribution in [0, 0.1) is 5.41 Å². The van der Waals surface area contributed by atoms with E-state index in [1.807, 2.05) is 0 Å². The number of pyridine rings is 1. The van der Waals surface area contributed by atoms with E-state index in [9.17, 15) is 8.42 Å². The first kappa shape index (κ1) is 14.3. The number of hydrogen-bond donors (Lipinski definition) is 2. The molecule has 0 bridgehead atoms. The highest BCUT2D eigenvalue weighted by Gasteiger charge is 2.27. The first-order chi connectivity index (χ1) is 8.91. The Morgan fingerprint density at radius 2 is 2.32 bits per heavy atom. The van der Waals surface area contributed by atoms with Gasteiger partial charge in [-0.3, -0.25) is 0 Å². The summed E-state index contributed by atoms with van der Waals surface area (Å²) in [7, 11) is -3.25. The molecule has 2 rings (SSSR count). The topological polar surface area (TPSA) is 71.1 Å². The van der Waals surface area contributed by atoms with Crippen LogP contribution in [0.5, 0.6) is 0 Å². The molecule has 1 aromatic heterocycles. The number of hydrogen-bond acceptors (Lipinski definition) is 5. The van der Waals surface area contributed by atoms with Crippen molar-refractivity contribution in [2.24, 2.45) is 5.41 Å². The lowest BCUT2D eigenvalue weighted by Crippen LogP contribution is -2.42. The van der Waals surface area contributed by atoms with Crippen molar-refractivity contribution in [3.8, 4) is 0 Å². The van der Waals surface area contributed by atoms with E-state index in [1.54, 1.807) is 18.3 Å². The third-order valence-electron chi connectivity index (χ3n) is 3.54. The van der Waals surface area contributed by atoms with Crippen LogP contribution < -0.4 is 10.6 Å². The molecule has 1 aromatic rings. The number of anilines is 1. The molecule has 1 aliphatic heterocycles. The summed E-state index contributed by atoms with van der Waals surface area (Å²) in [6.07, 6.45) is 5.10. The average Bonchev–Trinajstić information content (AvgIpc) is 2.37. The third kappa shape index (κ3) is 3.67. The van der Waals surface area contributed by atoms with Crippen molar-refractivity contribution in [1.82, 2.24) is 10.3 Å². The molecule has 1 unspecified atom stereocenters. The molecule has 2 heterocycles. The van der Waals surface area contributed by atoms with E-state index >= 15 is 0 Å². The van der Waals surface area contributed by atoms with Crippen LogP contribution >= 0.6 is 0 Å². The Bertz CT molecular complexity index is 537. The van der Waals surface area contributed by atoms with E-state index < -0.39 is 9.84 Å². The molecule has 0 amide bonds. The highest BCUT2D eigenvalue weighted by Crippen LogP contribution is 2.27. The third-order valence-corrected chi connectivity index (χ3v) is 4.67. The van der Waals surface area contributed by atoms with Gasteiger partial charge in [0.25, 0.3) is 0 Å². The van der Waals surface area contributed by atoms with Crippen molar-refractivity contribution in [3.05, 3.63) is 18.3 Å². The summed E-state index contributed by atoms with van der Waals surface area (Å²) < 4.78 is 23.4. The minimum Gasteiger partial charge on any atom is -0.368 e. The van der Waals surface area contributed by atoms with Gasteiger partial charge >= 0.3 is 0 Å². The summed E-state index contributed by atoms with van der Waals surface area (Å²) in [6, 6.07) is 3.23. The highest BCUT2D eigenvalue weighted by atomic mass is 32.2. The molecule has 19 heavy (non-hydrogen) atoms. The summed E-state index contributed by atoms with van der Waals surface area (Å²) in [6.45, 7) is 4.93. The molecule has 1 atom stereocenters. The zero-order valence-electron chi connectivity index (χ0n) is 11.4. The molecule has 1 saturated heterocycles. The van der Waals surface area contributed by atoms with Gasteiger partial charge in [0.05, 0.1) is 0 Å². The van der Waals surface area contributed by atoms with Crippen LogP contribution in [0.3, 0.4) is 0 Å². The summed E-state index contributed by atoms with van der Waals surface area (Å²) in [5, 5.41) is 6.58. The van der Waals surface area contributed by atoms with Gasteiger partial charge in [0.15, 0.2) is 9.84 Å². The van der Waals surface area contributed by atoms with Crippen molar-refractivity contribution < 1.29 is 8.42 Å². The minimum absolute atomic E-state index is 0.143. The van der Waals surface area contributed by atoms with Gasteiger partial charge in [0.2, 0.25) is 0 Å². The molecule has 0 radical (unpaired) electrons. The van der Waals surface area contributed by atoms with Gasteiger partial charge in [-0.15, -0.1) is 0 Å². The smallest absolute Gasteiger partial charge is 0.179 e. The standard InChI is InChI=1S/C13H21N3O2S/c1-13(6-4-7-14-9-13)10-16-12-11(19(2,17)18)5-3-8-15-12/h3,5,8,14H,4,6-7,9-10H2,1-2H3,(H,15,16). The number of aromatic nitrogens is 1. The molecule has 2 N–H and O–H groups in total. The fourth-order valence-electron chi connectivity index (χ4n) is 2.39. The first-order valence-electron chi connectivity index (χ1n) is 6.50. The number of nitrogens with one attached hydrogen (secondary N) is 2. The summed E-state index contributed by atoms with van der Waals surface area (Å²) in [5.41, 5.74) is 0.143. The maximum Gasteiger partial charge on any atom is 0.179 e. The van der Waals surface area contributed by atoms with E-state index in [2.05, 4.69) is 22.5 Å². The Kier molecular flexibility index (Phi) is 4.10. The van der Waals surface area contributed by atoms with Gasteiger partial charge in [-0.05, 0) is 36.9 Å². The van der Waals surface area contributed by atoms with Crippen LogP contribution in [-0.2, 0) is 9.84 Å². The van der Waals surface area contributed by atoms with Gasteiger partial charge in [-0.25, -0.2) is 13.4 Å². The molecule has 0 aliphatic carbocycles. The Balaban J connectivity index is 2.12. The molecular formula is C13H21N3O2S. The molecule has 0 saturated carbocycles. The number of sulfone groups is 1. The van der Waals surface area contributed by atoms with Crippen LogP contribution in [0.2, 0.25) is 0 Å². The van der Waals surface area contributed by atoms with E-state index in [0.717, 1.165) is 32.5 Å². The first-order valence-corrected chi connectivity index (χ1v) is 8.40. The maximum atomic E-state index is 11.7. The normalized spacial score (nSPS) is 24.1. The molecule has 0 aromatic carbocycles. The largest absolute Gasteiger partial charge is 0.368 e. The van der Waals surface area contributed by atoms with Crippen LogP contribution in [-0.4, -0.2) is 39.3 Å². The summed E-state index contributed by atoms with van der Waals surface area (Å²) in [5.74, 6) is 0.455. The molecule has 5 nitrogen and oxygen atoms in total. The van der Waals surface area contributed by atoms with Crippen LogP contribution in [0.1, 0.15) is 19.8 Å². The summed E-state index contributed by atoms with van der Waals surface area (Å²) >= 11 is 0. The number of piperidine rings is 1. The van der Waals surface area contributed by atoms with E-state index in [-0.39, 0.29) is 10.3 Å². The quantitative estimate of drug-likeness (QED) is 0.871. The van der Waals surface area contributed by atoms with Crippen molar-refractivity contribution in [2.75, 3.05) is 31.2 Å². The number of rotatable bonds is 4. The maximum absolute atomic E-state index is 11.7. The van der Waals surface area contributed by atoms with Crippen molar-refractivity contribution in [2.45, 2.75) is 24.7 Å². The van der Waals surface area contributed by atoms with Gasteiger partial charge < -0.3 is 10.6 Å². The van der Waals surface area contributed by atoms with Crippen molar-refractivity contribution >= 4 is 15.7 Å². The van der Waals surface area contributed by atoms with Gasteiger partial charge in [0, 0.05) is 25.5 Å². The lowest BCUT2D eigenvalue weighted by atomic mass is 9.83. The number of nitrogens with zero attached hydrogens (tertiary/aromatic N) is 1. The molecule has 6 heteroatoms. The monoisotopic (exact) mass is 283 g/mol. The second-order valence-electron chi connectivity index (χ2n) is 5.57.